The highest BCUT2D eigenvalue weighted by molar-refractivity contribution is 5.92. The van der Waals surface area contributed by atoms with Gasteiger partial charge in [0.15, 0.2) is 5.65 Å². The Bertz CT molecular complexity index is 2210. The normalized spacial score (nSPS) is 11.6. The first-order valence-electron chi connectivity index (χ1n) is 13.7. The lowest BCUT2D eigenvalue weighted by atomic mass is 9.96. The molecule has 0 aliphatic rings. The molecule has 0 fully saturated rings. The molecule has 7 aromatic rings. The summed E-state index contributed by atoms with van der Waals surface area (Å²) in [6.07, 6.45) is 0. The first kappa shape index (κ1) is 24.8. The second kappa shape index (κ2) is 8.90. The highest BCUT2D eigenvalue weighted by Gasteiger charge is 2.24. The molecule has 200 valence electrons. The van der Waals surface area contributed by atoms with Gasteiger partial charge in [-0.05, 0) is 101 Å². The number of aryl methyl sites for hydroxylation is 6. The van der Waals surface area contributed by atoms with Gasteiger partial charge in [-0.3, -0.25) is 13.5 Å². The number of fused-ring (bicyclic) bond motifs is 4. The Morgan fingerprint density at radius 2 is 1.44 bits per heavy atom. The summed E-state index contributed by atoms with van der Waals surface area (Å²) >= 11 is 0. The molecule has 0 saturated heterocycles. The summed E-state index contributed by atoms with van der Waals surface area (Å²) in [5, 5.41) is 9.49. The zero-order chi connectivity index (χ0) is 28.6. The molecule has 0 saturated carbocycles. The Morgan fingerprint density at radius 3 is 2.17 bits per heavy atom. The van der Waals surface area contributed by atoms with Crippen molar-refractivity contribution in [3.8, 4) is 28.7 Å². The van der Waals surface area contributed by atoms with E-state index < -0.39 is 0 Å². The quantitative estimate of drug-likeness (QED) is 0.236. The van der Waals surface area contributed by atoms with Crippen LogP contribution in [0.2, 0.25) is 0 Å². The molecule has 0 bridgehead atoms. The SMILES string of the molecule is Cc1nc(-c2c(C)cc(C#N)cc2C)c2nc(C)n(-c3cccc(C)c3-n3c4ccccc4n4c(C)ccc34)c2n1. The Balaban J connectivity index is 1.57. The van der Waals surface area contributed by atoms with E-state index in [1.807, 2.05) is 39.8 Å². The van der Waals surface area contributed by atoms with Crippen LogP contribution in [-0.4, -0.2) is 28.5 Å². The second-order valence-corrected chi connectivity index (χ2v) is 10.8. The largest absolute Gasteiger partial charge is 0.298 e. The number of nitrogens with zero attached hydrogens (tertiary/aromatic N) is 7. The lowest BCUT2D eigenvalue weighted by molar-refractivity contribution is 0.953. The van der Waals surface area contributed by atoms with Crippen molar-refractivity contribution in [1.29, 1.82) is 5.26 Å². The standard InChI is InChI=1S/C34H29N7/c1-19-10-9-13-28(33(19)41-27-12-8-7-11-26(27)39-22(4)14-15-29(39)41)40-24(6)38-32-31(36-23(5)37-34(32)40)30-20(2)16-25(18-35)17-21(30)3/h7-17H,1-6H3. The molecule has 4 heterocycles. The van der Waals surface area contributed by atoms with E-state index in [1.54, 1.807) is 0 Å². The Labute approximate surface area is 238 Å². The molecule has 3 aromatic carbocycles. The molecule has 0 spiro atoms. The van der Waals surface area contributed by atoms with Crippen molar-refractivity contribution in [1.82, 2.24) is 28.5 Å². The molecular formula is C34H29N7. The van der Waals surface area contributed by atoms with E-state index in [0.29, 0.717) is 11.4 Å². The summed E-state index contributed by atoms with van der Waals surface area (Å²) in [6, 6.07) is 25.4. The summed E-state index contributed by atoms with van der Waals surface area (Å²) < 4.78 is 6.82. The van der Waals surface area contributed by atoms with Gasteiger partial charge in [0.2, 0.25) is 0 Å². The third-order valence-electron chi connectivity index (χ3n) is 8.01. The van der Waals surface area contributed by atoms with Crippen LogP contribution < -0.4 is 0 Å². The van der Waals surface area contributed by atoms with Gasteiger partial charge < -0.3 is 0 Å². The van der Waals surface area contributed by atoms with Gasteiger partial charge in [-0.2, -0.15) is 5.26 Å². The minimum atomic E-state index is 0.641. The van der Waals surface area contributed by atoms with Crippen molar-refractivity contribution >= 4 is 27.8 Å². The van der Waals surface area contributed by atoms with Crippen LogP contribution in [-0.2, 0) is 0 Å². The fourth-order valence-corrected chi connectivity index (χ4v) is 6.37. The number of hydrogen-bond acceptors (Lipinski definition) is 4. The zero-order valence-corrected chi connectivity index (χ0v) is 24.0. The highest BCUT2D eigenvalue weighted by Crippen LogP contribution is 2.37. The summed E-state index contributed by atoms with van der Waals surface area (Å²) in [7, 11) is 0. The summed E-state index contributed by atoms with van der Waals surface area (Å²) in [4.78, 5) is 14.9. The average Bonchev–Trinajstić information content (AvgIpc) is 3.58. The minimum absolute atomic E-state index is 0.641. The van der Waals surface area contributed by atoms with Gasteiger partial charge in [-0.15, -0.1) is 0 Å². The fraction of sp³-hybridized carbons (Fsp3) is 0.176. The first-order valence-corrected chi connectivity index (χ1v) is 13.7. The molecule has 7 heteroatoms. The summed E-state index contributed by atoms with van der Waals surface area (Å²) in [5.41, 5.74) is 13.8. The summed E-state index contributed by atoms with van der Waals surface area (Å²) in [5.74, 6) is 1.50. The van der Waals surface area contributed by atoms with Crippen LogP contribution in [0.1, 0.15) is 39.6 Å². The third kappa shape index (κ3) is 3.54. The molecular weight excluding hydrogens is 506 g/mol. The van der Waals surface area contributed by atoms with Crippen LogP contribution in [0.3, 0.4) is 0 Å². The molecule has 0 aliphatic heterocycles. The maximum absolute atomic E-state index is 9.49. The van der Waals surface area contributed by atoms with Crippen LogP contribution in [0.15, 0.2) is 66.7 Å². The molecule has 0 atom stereocenters. The molecule has 0 aliphatic carbocycles. The molecule has 0 radical (unpaired) electrons. The van der Waals surface area contributed by atoms with E-state index in [1.165, 1.54) is 11.2 Å². The van der Waals surface area contributed by atoms with Crippen LogP contribution in [0.25, 0.3) is 50.5 Å². The van der Waals surface area contributed by atoms with Gasteiger partial charge >= 0.3 is 0 Å². The molecule has 0 N–H and O–H groups in total. The van der Waals surface area contributed by atoms with E-state index >= 15 is 0 Å². The molecule has 0 unspecified atom stereocenters. The van der Waals surface area contributed by atoms with E-state index in [2.05, 4.69) is 88.0 Å². The smallest absolute Gasteiger partial charge is 0.169 e. The van der Waals surface area contributed by atoms with E-state index in [9.17, 15) is 5.26 Å². The van der Waals surface area contributed by atoms with Crippen LogP contribution in [0.5, 0.6) is 0 Å². The Morgan fingerprint density at radius 1 is 0.707 bits per heavy atom. The van der Waals surface area contributed by atoms with Crippen molar-refractivity contribution in [2.45, 2.75) is 41.5 Å². The van der Waals surface area contributed by atoms with Gasteiger partial charge in [-0.25, -0.2) is 15.0 Å². The lowest BCUT2D eigenvalue weighted by Crippen LogP contribution is -2.08. The second-order valence-electron chi connectivity index (χ2n) is 10.8. The number of nitriles is 1. The lowest BCUT2D eigenvalue weighted by Gasteiger charge is -2.18. The molecule has 41 heavy (non-hydrogen) atoms. The van der Waals surface area contributed by atoms with Crippen LogP contribution in [0, 0.1) is 52.9 Å². The minimum Gasteiger partial charge on any atom is -0.298 e. The van der Waals surface area contributed by atoms with Gasteiger partial charge in [0, 0.05) is 11.3 Å². The maximum atomic E-state index is 9.49. The molecule has 0 amide bonds. The average molecular weight is 536 g/mol. The van der Waals surface area contributed by atoms with Crippen LogP contribution >= 0.6 is 0 Å². The monoisotopic (exact) mass is 535 g/mol. The van der Waals surface area contributed by atoms with Crippen molar-refractivity contribution < 1.29 is 0 Å². The van der Waals surface area contributed by atoms with Gasteiger partial charge in [-0.1, -0.05) is 24.3 Å². The molecule has 7 rings (SSSR count). The van der Waals surface area contributed by atoms with E-state index in [0.717, 1.165) is 67.5 Å². The predicted molar refractivity (Wildman–Crippen MR) is 163 cm³/mol. The Hall–Kier alpha value is -5.22. The predicted octanol–water partition coefficient (Wildman–Crippen LogP) is 7.40. The van der Waals surface area contributed by atoms with Gasteiger partial charge in [0.1, 0.15) is 28.5 Å². The van der Waals surface area contributed by atoms with Crippen molar-refractivity contribution in [3.63, 3.8) is 0 Å². The Kier molecular flexibility index (Phi) is 5.38. The van der Waals surface area contributed by atoms with E-state index in [-0.39, 0.29) is 0 Å². The number of rotatable bonds is 3. The maximum Gasteiger partial charge on any atom is 0.169 e. The first-order chi connectivity index (χ1) is 19.8. The molecule has 7 nitrogen and oxygen atoms in total. The fourth-order valence-electron chi connectivity index (χ4n) is 6.37. The number of aromatic nitrogens is 6. The number of para-hydroxylation sites is 3. The van der Waals surface area contributed by atoms with Crippen LogP contribution in [0.4, 0.5) is 0 Å². The van der Waals surface area contributed by atoms with Crippen molar-refractivity contribution in [3.05, 3.63) is 106 Å². The topological polar surface area (TPSA) is 76.7 Å². The number of hydrogen-bond donors (Lipinski definition) is 0. The number of benzene rings is 3. The van der Waals surface area contributed by atoms with E-state index in [4.69, 9.17) is 15.0 Å². The van der Waals surface area contributed by atoms with Crippen molar-refractivity contribution in [2.24, 2.45) is 0 Å². The number of imidazole rings is 2. The highest BCUT2D eigenvalue weighted by atomic mass is 15.2. The molecule has 4 aromatic heterocycles. The van der Waals surface area contributed by atoms with Gasteiger partial charge in [0.25, 0.3) is 0 Å². The third-order valence-corrected chi connectivity index (χ3v) is 8.01. The van der Waals surface area contributed by atoms with Gasteiger partial charge in [0.05, 0.1) is 34.0 Å². The van der Waals surface area contributed by atoms with Crippen molar-refractivity contribution in [2.75, 3.05) is 0 Å². The summed E-state index contributed by atoms with van der Waals surface area (Å²) in [6.45, 7) is 12.3. The zero-order valence-electron chi connectivity index (χ0n) is 24.0.